The minimum absolute atomic E-state index is 0.0498. The molecule has 1 aliphatic carbocycles. The van der Waals surface area contributed by atoms with E-state index in [-0.39, 0.29) is 4.87 Å². The number of anilines is 1. The summed E-state index contributed by atoms with van der Waals surface area (Å²) in [6, 6.07) is 1.69. The van der Waals surface area contributed by atoms with Crippen molar-refractivity contribution in [1.82, 2.24) is 15.0 Å². The van der Waals surface area contributed by atoms with Crippen molar-refractivity contribution in [2.24, 2.45) is 0 Å². The first-order valence-corrected chi connectivity index (χ1v) is 6.91. The number of rotatable bonds is 4. The normalized spacial score (nSPS) is 14.7. The Balaban J connectivity index is 1.73. The van der Waals surface area contributed by atoms with Gasteiger partial charge >= 0.3 is 4.87 Å². The van der Waals surface area contributed by atoms with Gasteiger partial charge in [-0.05, 0) is 12.8 Å². The maximum absolute atomic E-state index is 11.0. The number of H-pyrrole nitrogens is 1. The van der Waals surface area contributed by atoms with Gasteiger partial charge in [0.25, 0.3) is 0 Å². The molecule has 2 heterocycles. The van der Waals surface area contributed by atoms with E-state index in [9.17, 15) is 4.79 Å². The van der Waals surface area contributed by atoms with E-state index < -0.39 is 0 Å². The molecule has 2 aromatic rings. The van der Waals surface area contributed by atoms with Crippen molar-refractivity contribution in [3.8, 4) is 0 Å². The van der Waals surface area contributed by atoms with Crippen LogP contribution in [0.1, 0.15) is 30.3 Å². The fraction of sp³-hybridized carbons (Fsp3) is 0.364. The maximum atomic E-state index is 11.0. The predicted molar refractivity (Wildman–Crippen MR) is 71.3 cm³/mol. The summed E-state index contributed by atoms with van der Waals surface area (Å²) in [7, 11) is 0. The predicted octanol–water partition coefficient (Wildman–Crippen LogP) is 2.37. The average molecular weight is 283 g/mol. The lowest BCUT2D eigenvalue weighted by molar-refractivity contribution is 0.918. The van der Waals surface area contributed by atoms with Crippen molar-refractivity contribution in [2.45, 2.75) is 25.3 Å². The molecule has 0 aliphatic heterocycles. The first-order chi connectivity index (χ1) is 8.70. The molecule has 0 radical (unpaired) electrons. The topological polar surface area (TPSA) is 70.7 Å². The highest BCUT2D eigenvalue weighted by Gasteiger charge is 2.27. The lowest BCUT2D eigenvalue weighted by Gasteiger charge is -2.06. The molecule has 0 saturated heterocycles. The Morgan fingerprint density at radius 2 is 2.33 bits per heavy atom. The van der Waals surface area contributed by atoms with E-state index in [1.807, 2.05) is 0 Å². The number of thiazole rings is 1. The fourth-order valence-corrected chi connectivity index (χ4v) is 2.41. The minimum atomic E-state index is -0.0498. The number of nitrogens with zero attached hydrogens (tertiary/aromatic N) is 2. The van der Waals surface area contributed by atoms with Crippen LogP contribution in [0.2, 0.25) is 5.15 Å². The molecule has 94 valence electrons. The summed E-state index contributed by atoms with van der Waals surface area (Å²) in [4.78, 5) is 22.3. The van der Waals surface area contributed by atoms with Crippen molar-refractivity contribution >= 4 is 28.8 Å². The van der Waals surface area contributed by atoms with Crippen LogP contribution in [0.4, 0.5) is 5.82 Å². The van der Waals surface area contributed by atoms with E-state index in [1.54, 1.807) is 11.4 Å². The number of hydrogen-bond acceptors (Lipinski definition) is 5. The van der Waals surface area contributed by atoms with E-state index in [4.69, 9.17) is 11.6 Å². The Hall–Kier alpha value is -1.40. The summed E-state index contributed by atoms with van der Waals surface area (Å²) < 4.78 is 0. The molecule has 18 heavy (non-hydrogen) atoms. The Kier molecular flexibility index (Phi) is 3.05. The summed E-state index contributed by atoms with van der Waals surface area (Å²) in [5.41, 5.74) is 0.840. The van der Waals surface area contributed by atoms with Gasteiger partial charge in [0.05, 0.1) is 6.54 Å². The second-order valence-electron chi connectivity index (χ2n) is 4.24. The van der Waals surface area contributed by atoms with Crippen molar-refractivity contribution in [1.29, 1.82) is 0 Å². The third-order valence-corrected chi connectivity index (χ3v) is 3.60. The first kappa shape index (κ1) is 11.7. The summed E-state index contributed by atoms with van der Waals surface area (Å²) in [5, 5.41) is 5.38. The van der Waals surface area contributed by atoms with Crippen LogP contribution in [0.25, 0.3) is 0 Å². The number of hydrogen-bond donors (Lipinski definition) is 2. The van der Waals surface area contributed by atoms with Gasteiger partial charge in [-0.25, -0.2) is 9.97 Å². The van der Waals surface area contributed by atoms with Crippen LogP contribution < -0.4 is 10.2 Å². The van der Waals surface area contributed by atoms with Gasteiger partial charge in [0.1, 0.15) is 16.8 Å². The molecule has 0 unspecified atom stereocenters. The van der Waals surface area contributed by atoms with Crippen LogP contribution in [0.3, 0.4) is 0 Å². The molecule has 5 nitrogen and oxygen atoms in total. The zero-order chi connectivity index (χ0) is 12.5. The highest BCUT2D eigenvalue weighted by molar-refractivity contribution is 7.07. The lowest BCUT2D eigenvalue weighted by atomic mass is 10.4. The second-order valence-corrected chi connectivity index (χ2v) is 5.46. The highest BCUT2D eigenvalue weighted by Crippen LogP contribution is 2.38. The molecule has 3 rings (SSSR count). The van der Waals surface area contributed by atoms with E-state index in [0.29, 0.717) is 23.4 Å². The van der Waals surface area contributed by atoms with Gasteiger partial charge in [0.2, 0.25) is 0 Å². The summed E-state index contributed by atoms with van der Waals surface area (Å²) in [6.45, 7) is 0.524. The van der Waals surface area contributed by atoms with Crippen LogP contribution >= 0.6 is 22.9 Å². The number of aromatic amines is 1. The van der Waals surface area contributed by atoms with Crippen LogP contribution in [0, 0.1) is 0 Å². The Labute approximate surface area is 112 Å². The smallest absolute Gasteiger partial charge is 0.304 e. The molecule has 2 N–H and O–H groups in total. The SMILES string of the molecule is O=c1[nH]c(CNc2cc(Cl)nc(C3CC3)n2)cs1. The van der Waals surface area contributed by atoms with Gasteiger partial charge in [0, 0.05) is 23.1 Å². The maximum Gasteiger partial charge on any atom is 0.304 e. The molecular formula is C11H11ClN4OS. The highest BCUT2D eigenvalue weighted by atomic mass is 35.5. The standard InChI is InChI=1S/C11H11ClN4OS/c12-8-3-9(16-10(15-8)6-1-2-6)13-4-7-5-18-11(17)14-7/h3,5-6H,1-2,4H2,(H,14,17)(H,13,15,16). The molecule has 1 fully saturated rings. The van der Waals surface area contributed by atoms with Gasteiger partial charge in [-0.15, -0.1) is 0 Å². The van der Waals surface area contributed by atoms with Gasteiger partial charge < -0.3 is 10.3 Å². The second kappa shape index (κ2) is 4.70. The average Bonchev–Trinajstić information content (AvgIpc) is 3.10. The molecule has 0 bridgehead atoms. The van der Waals surface area contributed by atoms with Gasteiger partial charge in [-0.2, -0.15) is 0 Å². The summed E-state index contributed by atoms with van der Waals surface area (Å²) >= 11 is 7.11. The van der Waals surface area contributed by atoms with Gasteiger partial charge in [-0.3, -0.25) is 4.79 Å². The molecule has 0 amide bonds. The summed E-state index contributed by atoms with van der Waals surface area (Å²) in [6.07, 6.45) is 2.27. The molecule has 0 atom stereocenters. The molecular weight excluding hydrogens is 272 g/mol. The van der Waals surface area contributed by atoms with Crippen molar-refractivity contribution in [3.63, 3.8) is 0 Å². The van der Waals surface area contributed by atoms with E-state index >= 15 is 0 Å². The lowest BCUT2D eigenvalue weighted by Crippen LogP contribution is -2.06. The molecule has 1 saturated carbocycles. The molecule has 7 heteroatoms. The van der Waals surface area contributed by atoms with Gasteiger partial charge in [0.15, 0.2) is 0 Å². The quantitative estimate of drug-likeness (QED) is 0.845. The Morgan fingerprint density at radius 1 is 1.50 bits per heavy atom. The zero-order valence-corrected chi connectivity index (χ0v) is 11.0. The Bertz CT molecular complexity index is 620. The van der Waals surface area contributed by atoms with Crippen molar-refractivity contribution < 1.29 is 0 Å². The van der Waals surface area contributed by atoms with Crippen LogP contribution in [0.15, 0.2) is 16.2 Å². The summed E-state index contributed by atoms with van der Waals surface area (Å²) in [5.74, 6) is 1.97. The third kappa shape index (κ3) is 2.70. The minimum Gasteiger partial charge on any atom is -0.364 e. The number of halogens is 1. The van der Waals surface area contributed by atoms with E-state index in [2.05, 4.69) is 20.3 Å². The largest absolute Gasteiger partial charge is 0.364 e. The molecule has 2 aromatic heterocycles. The first-order valence-electron chi connectivity index (χ1n) is 5.66. The molecule has 1 aliphatic rings. The van der Waals surface area contributed by atoms with Crippen molar-refractivity contribution in [2.75, 3.05) is 5.32 Å². The van der Waals surface area contributed by atoms with Crippen molar-refractivity contribution in [3.05, 3.63) is 37.8 Å². The molecule has 0 aromatic carbocycles. The molecule has 0 spiro atoms. The Morgan fingerprint density at radius 3 is 3.00 bits per heavy atom. The van der Waals surface area contributed by atoms with Crippen LogP contribution in [0.5, 0.6) is 0 Å². The number of nitrogens with one attached hydrogen (secondary N) is 2. The fourth-order valence-electron chi connectivity index (χ4n) is 1.64. The van der Waals surface area contributed by atoms with Gasteiger partial charge in [-0.1, -0.05) is 22.9 Å². The number of aromatic nitrogens is 3. The monoisotopic (exact) mass is 282 g/mol. The van der Waals surface area contributed by atoms with E-state index in [1.165, 1.54) is 0 Å². The third-order valence-electron chi connectivity index (χ3n) is 2.69. The zero-order valence-electron chi connectivity index (χ0n) is 9.44. The van der Waals surface area contributed by atoms with Crippen LogP contribution in [-0.4, -0.2) is 15.0 Å². The van der Waals surface area contributed by atoms with Crippen LogP contribution in [-0.2, 0) is 6.54 Å². The van der Waals surface area contributed by atoms with E-state index in [0.717, 1.165) is 35.7 Å².